The van der Waals surface area contributed by atoms with E-state index in [4.69, 9.17) is 0 Å². The molecule has 8 heteroatoms. The van der Waals surface area contributed by atoms with Crippen LogP contribution in [-0.4, -0.2) is 57.0 Å². The molecule has 0 aromatic heterocycles. The quantitative estimate of drug-likeness (QED) is 0.411. The van der Waals surface area contributed by atoms with E-state index in [-0.39, 0.29) is 0 Å². The van der Waals surface area contributed by atoms with Crippen LogP contribution in [0.15, 0.2) is 30.3 Å². The second kappa shape index (κ2) is 8.52. The van der Waals surface area contributed by atoms with Crippen LogP contribution in [0.1, 0.15) is 0 Å². The molecular weight excluding hydrogens is 437 g/mol. The fraction of sp³-hybridized carbons (Fsp3) is 0.700. The summed E-state index contributed by atoms with van der Waals surface area (Å²) in [6.45, 7) is 36.7. The summed E-state index contributed by atoms with van der Waals surface area (Å²) >= 11 is 0. The zero-order valence-corrected chi connectivity index (χ0v) is 27.3. The van der Waals surface area contributed by atoms with E-state index in [1.807, 2.05) is 0 Å². The van der Waals surface area contributed by atoms with E-state index >= 15 is 0 Å². The summed E-state index contributed by atoms with van der Waals surface area (Å²) in [7, 11) is -8.77. The molecule has 0 unspecified atom stereocenters. The number of benzene rings is 1. The molecule has 0 saturated heterocycles. The predicted molar refractivity (Wildman–Crippen MR) is 146 cm³/mol. The van der Waals surface area contributed by atoms with E-state index in [9.17, 15) is 0 Å². The predicted octanol–water partition coefficient (Wildman–Crippen LogP) is 6.11. The number of hydrogen-bond donors (Lipinski definition) is 0. The zero-order valence-electron chi connectivity index (χ0n) is 21.3. The summed E-state index contributed by atoms with van der Waals surface area (Å²) in [5.41, 5.74) is 0. The molecule has 0 aliphatic carbocycles. The average molecular weight is 484 g/mol. The van der Waals surface area contributed by atoms with Gasteiger partial charge in [-0.2, -0.15) is 0 Å². The lowest BCUT2D eigenvalue weighted by Crippen LogP contribution is -2.92. The minimum absolute atomic E-state index is 0.582. The van der Waals surface area contributed by atoms with Crippen molar-refractivity contribution in [3.63, 3.8) is 0 Å². The topological polar surface area (TPSA) is 6.48 Å². The minimum atomic E-state index is -2.03. The SMILES string of the molecule is C[Si](C)[Si](c1ccccc1)(N([Si](C)(C)C)[Si](C)(C)C)N([Si](C)(C)C)[Si](C)(C)C. The van der Waals surface area contributed by atoms with Gasteiger partial charge in [0.1, 0.15) is 32.9 Å². The van der Waals surface area contributed by atoms with Gasteiger partial charge in [-0.3, -0.25) is 0 Å². The summed E-state index contributed by atoms with van der Waals surface area (Å²) in [5.74, 6) is 0. The zero-order chi connectivity index (χ0) is 22.3. The van der Waals surface area contributed by atoms with Crippen LogP contribution in [0, 0.1) is 0 Å². The summed E-state index contributed by atoms with van der Waals surface area (Å²) in [6.07, 6.45) is 0. The standard InChI is InChI=1S/C20H47N2Si6/c1-23(2)28(20-18-16-15-17-19-20,21(24(3,4)5)25(6,7)8)22(26(9,10)11)27(12,13)14/h15-19H,1-14H3. The molecular formula is C20H47N2Si6. The third-order valence-corrected chi connectivity index (χ3v) is 43.5. The minimum Gasteiger partial charge on any atom is -0.356 e. The number of nitrogens with zero attached hydrogens (tertiary/aromatic N) is 2. The van der Waals surface area contributed by atoms with Gasteiger partial charge in [-0.25, -0.2) is 0 Å². The van der Waals surface area contributed by atoms with Crippen molar-refractivity contribution < 1.29 is 0 Å². The van der Waals surface area contributed by atoms with Gasteiger partial charge in [0.25, 0.3) is 0 Å². The van der Waals surface area contributed by atoms with Gasteiger partial charge in [0.2, 0.25) is 0 Å². The molecule has 0 saturated carbocycles. The van der Waals surface area contributed by atoms with Crippen LogP contribution in [0.2, 0.25) is 91.7 Å². The first-order valence-corrected chi connectivity index (χ1v) is 29.9. The van der Waals surface area contributed by atoms with Crippen LogP contribution in [0.25, 0.3) is 0 Å². The molecule has 0 aliphatic rings. The Hall–Kier alpha value is 0.441. The Labute approximate surface area is 183 Å². The third-order valence-electron chi connectivity index (χ3n) is 5.20. The van der Waals surface area contributed by atoms with E-state index in [1.54, 1.807) is 5.19 Å². The first-order valence-electron chi connectivity index (χ1n) is 10.8. The van der Waals surface area contributed by atoms with Gasteiger partial charge >= 0.3 is 0 Å². The molecule has 1 aromatic carbocycles. The van der Waals surface area contributed by atoms with Crippen molar-refractivity contribution in [3.05, 3.63) is 30.3 Å². The summed E-state index contributed by atoms with van der Waals surface area (Å²) in [4.78, 5) is 0. The first kappa shape index (κ1) is 26.5. The van der Waals surface area contributed by atoms with Gasteiger partial charge in [-0.15, -0.1) is 0 Å². The highest BCUT2D eigenvalue weighted by atomic mass is 29.3. The maximum atomic E-state index is 3.30. The third kappa shape index (κ3) is 5.37. The monoisotopic (exact) mass is 483 g/mol. The van der Waals surface area contributed by atoms with Crippen molar-refractivity contribution >= 4 is 54.4 Å². The van der Waals surface area contributed by atoms with Crippen LogP contribution < -0.4 is 5.19 Å². The Morgan fingerprint density at radius 3 is 1.04 bits per heavy atom. The van der Waals surface area contributed by atoms with Crippen LogP contribution in [-0.2, 0) is 0 Å². The molecule has 1 aromatic rings. The maximum Gasteiger partial charge on any atom is 0.194 e. The average Bonchev–Trinajstić information content (AvgIpc) is 2.40. The largest absolute Gasteiger partial charge is 0.356 e. The first-order chi connectivity index (χ1) is 12.3. The molecule has 0 N–H and O–H groups in total. The van der Waals surface area contributed by atoms with Crippen molar-refractivity contribution in [2.75, 3.05) is 0 Å². The van der Waals surface area contributed by atoms with Gasteiger partial charge in [0, 0.05) is 0 Å². The van der Waals surface area contributed by atoms with Crippen molar-refractivity contribution in [2.24, 2.45) is 0 Å². The summed E-state index contributed by atoms with van der Waals surface area (Å²) in [6, 6.07) is 11.8. The lowest BCUT2D eigenvalue weighted by atomic mass is 10.4. The number of hydrogen-bond acceptors (Lipinski definition) is 2. The highest BCUT2D eigenvalue weighted by Crippen LogP contribution is 2.37. The normalized spacial score (nSPS) is 15.0. The van der Waals surface area contributed by atoms with Crippen molar-refractivity contribution in [1.82, 2.24) is 7.79 Å². The van der Waals surface area contributed by atoms with E-state index in [0.717, 1.165) is 0 Å². The van der Waals surface area contributed by atoms with E-state index in [0.29, 0.717) is 0 Å². The molecule has 0 amide bonds. The fourth-order valence-corrected chi connectivity index (χ4v) is 69.2. The lowest BCUT2D eigenvalue weighted by Gasteiger charge is -2.66. The summed E-state index contributed by atoms with van der Waals surface area (Å²) in [5, 5.41) is 1.70. The van der Waals surface area contributed by atoms with Crippen molar-refractivity contribution in [2.45, 2.75) is 91.7 Å². The van der Waals surface area contributed by atoms with Gasteiger partial charge in [0.05, 0.1) is 8.31 Å². The Balaban J connectivity index is 4.21. The van der Waals surface area contributed by atoms with Crippen LogP contribution in [0.5, 0.6) is 0 Å². The van der Waals surface area contributed by atoms with Crippen LogP contribution in [0.4, 0.5) is 0 Å². The Kier molecular flexibility index (Phi) is 8.06. The van der Waals surface area contributed by atoms with Crippen LogP contribution >= 0.6 is 0 Å². The van der Waals surface area contributed by atoms with Gasteiger partial charge in [0.15, 0.2) is 7.91 Å². The molecule has 1 rings (SSSR count). The van der Waals surface area contributed by atoms with E-state index in [2.05, 4.69) is 130 Å². The van der Waals surface area contributed by atoms with Crippen molar-refractivity contribution in [1.29, 1.82) is 0 Å². The maximum absolute atomic E-state index is 3.30. The molecule has 0 bridgehead atoms. The smallest absolute Gasteiger partial charge is 0.194 e. The Bertz CT molecular complexity index is 576. The molecule has 0 heterocycles. The Morgan fingerprint density at radius 2 is 0.821 bits per heavy atom. The van der Waals surface area contributed by atoms with Gasteiger partial charge in [-0.1, -0.05) is 122 Å². The lowest BCUT2D eigenvalue weighted by molar-refractivity contribution is 0.791. The Morgan fingerprint density at radius 1 is 0.536 bits per heavy atom. The van der Waals surface area contributed by atoms with E-state index in [1.165, 1.54) is 0 Å². The molecule has 0 aliphatic heterocycles. The van der Waals surface area contributed by atoms with Crippen LogP contribution in [0.3, 0.4) is 0 Å². The number of rotatable bonds is 8. The van der Waals surface area contributed by atoms with E-state index < -0.39 is 49.2 Å². The molecule has 0 spiro atoms. The molecule has 28 heavy (non-hydrogen) atoms. The second-order valence-corrected chi connectivity index (χ2v) is 44.1. The molecule has 161 valence electrons. The summed E-state index contributed by atoms with van der Waals surface area (Å²) < 4.78 is 6.60. The molecule has 0 fully saturated rings. The van der Waals surface area contributed by atoms with Gasteiger partial charge in [-0.05, 0) is 5.19 Å². The molecule has 1 radical (unpaired) electrons. The highest BCUT2D eigenvalue weighted by Gasteiger charge is 2.61. The second-order valence-electron chi connectivity index (χ2n) is 12.4. The highest BCUT2D eigenvalue weighted by molar-refractivity contribution is 7.43. The van der Waals surface area contributed by atoms with Gasteiger partial charge < -0.3 is 7.79 Å². The fourth-order valence-electron chi connectivity index (χ4n) is 5.72. The molecule has 2 nitrogen and oxygen atoms in total. The molecule has 0 atom stereocenters. The van der Waals surface area contributed by atoms with Crippen molar-refractivity contribution in [3.8, 4) is 0 Å².